The summed E-state index contributed by atoms with van der Waals surface area (Å²) in [6.45, 7) is 7.18. The molecule has 7 nitrogen and oxygen atoms in total. The number of rotatable bonds is 8. The second-order valence-electron chi connectivity index (χ2n) is 7.21. The monoisotopic (exact) mass is 371 g/mol. The Hall–Kier alpha value is -2.25. The van der Waals surface area contributed by atoms with Crippen LogP contribution in [0.5, 0.6) is 0 Å². The summed E-state index contributed by atoms with van der Waals surface area (Å²) in [5, 5.41) is 3.92. The Balaban J connectivity index is 1.31. The predicted molar refractivity (Wildman–Crippen MR) is 106 cm³/mol. The van der Waals surface area contributed by atoms with Gasteiger partial charge in [-0.05, 0) is 24.9 Å². The molecular weight excluding hydrogens is 342 g/mol. The average Bonchev–Trinajstić information content (AvgIpc) is 2.69. The first kappa shape index (κ1) is 19.5. The van der Waals surface area contributed by atoms with Crippen molar-refractivity contribution in [2.45, 2.75) is 32.4 Å². The zero-order chi connectivity index (χ0) is 19.1. The lowest BCUT2D eigenvalue weighted by Crippen LogP contribution is -2.46. The van der Waals surface area contributed by atoms with E-state index in [1.54, 1.807) is 0 Å². The number of unbranched alkanes of at least 4 members (excludes halogenated alkanes) is 2. The van der Waals surface area contributed by atoms with E-state index >= 15 is 0 Å². The van der Waals surface area contributed by atoms with Crippen molar-refractivity contribution in [3.63, 3.8) is 0 Å². The fourth-order valence-corrected chi connectivity index (χ4v) is 3.46. The first-order chi connectivity index (χ1) is 13.1. The largest absolute Gasteiger partial charge is 0.347 e. The maximum atomic E-state index is 11.9. The zero-order valence-corrected chi connectivity index (χ0v) is 16.1. The molecular formula is C20H29N5O2. The van der Waals surface area contributed by atoms with Gasteiger partial charge in [0.05, 0.1) is 0 Å². The summed E-state index contributed by atoms with van der Waals surface area (Å²) in [5.74, 6) is 0. The van der Waals surface area contributed by atoms with Crippen LogP contribution in [0.4, 0.5) is 0 Å². The van der Waals surface area contributed by atoms with Crippen molar-refractivity contribution in [3.8, 4) is 0 Å². The molecule has 0 N–H and O–H groups in total. The minimum Gasteiger partial charge on any atom is -0.301 e. The normalized spacial score (nSPS) is 15.9. The molecule has 0 saturated carbocycles. The average molecular weight is 371 g/mol. The molecule has 1 aromatic heterocycles. The first-order valence-electron chi connectivity index (χ1n) is 9.75. The maximum absolute atomic E-state index is 11.9. The second-order valence-corrected chi connectivity index (χ2v) is 7.21. The molecule has 0 bridgehead atoms. The summed E-state index contributed by atoms with van der Waals surface area (Å²) in [6.07, 6.45) is 4.29. The molecule has 1 aromatic carbocycles. The summed E-state index contributed by atoms with van der Waals surface area (Å²) in [7, 11) is 1.49. The zero-order valence-electron chi connectivity index (χ0n) is 16.1. The topological polar surface area (TPSA) is 63.4 Å². The molecule has 0 amide bonds. The number of piperazine rings is 1. The predicted octanol–water partition coefficient (Wildman–Crippen LogP) is 0.930. The minimum atomic E-state index is -0.359. The summed E-state index contributed by atoms with van der Waals surface area (Å²) in [5.41, 5.74) is 0.688. The molecule has 27 heavy (non-hydrogen) atoms. The third-order valence-corrected chi connectivity index (χ3v) is 5.20. The van der Waals surface area contributed by atoms with Gasteiger partial charge < -0.3 is 4.90 Å². The van der Waals surface area contributed by atoms with Gasteiger partial charge in [0.15, 0.2) is 0 Å². The third kappa shape index (κ3) is 5.61. The summed E-state index contributed by atoms with van der Waals surface area (Å²) in [4.78, 5) is 28.3. The van der Waals surface area contributed by atoms with Gasteiger partial charge in [0.1, 0.15) is 6.20 Å². The van der Waals surface area contributed by atoms with E-state index in [0.29, 0.717) is 6.54 Å². The van der Waals surface area contributed by atoms with Crippen molar-refractivity contribution in [3.05, 3.63) is 62.9 Å². The lowest BCUT2D eigenvalue weighted by atomic mass is 10.2. The minimum absolute atomic E-state index is 0.336. The highest BCUT2D eigenvalue weighted by molar-refractivity contribution is 5.14. The van der Waals surface area contributed by atoms with Crippen LogP contribution in [0.1, 0.15) is 24.8 Å². The van der Waals surface area contributed by atoms with Gasteiger partial charge in [0, 0.05) is 46.3 Å². The summed E-state index contributed by atoms with van der Waals surface area (Å²) >= 11 is 0. The van der Waals surface area contributed by atoms with Gasteiger partial charge in [-0.1, -0.05) is 36.8 Å². The van der Waals surface area contributed by atoms with Crippen molar-refractivity contribution in [1.82, 2.24) is 24.1 Å². The van der Waals surface area contributed by atoms with E-state index < -0.39 is 0 Å². The molecule has 0 radical (unpaired) electrons. The molecule has 2 aromatic rings. The number of hydrogen-bond donors (Lipinski definition) is 0. The van der Waals surface area contributed by atoms with Crippen molar-refractivity contribution >= 4 is 0 Å². The number of nitrogens with zero attached hydrogens (tertiary/aromatic N) is 5. The van der Waals surface area contributed by atoms with Gasteiger partial charge in [-0.3, -0.25) is 14.3 Å². The molecule has 0 unspecified atom stereocenters. The Morgan fingerprint density at radius 3 is 2.30 bits per heavy atom. The maximum Gasteiger partial charge on any atom is 0.347 e. The fraction of sp³-hybridized carbons (Fsp3) is 0.550. The molecule has 0 aliphatic carbocycles. The second kappa shape index (κ2) is 9.62. The Kier molecular flexibility index (Phi) is 6.95. The summed E-state index contributed by atoms with van der Waals surface area (Å²) < 4.78 is 2.48. The molecule has 1 aliphatic heterocycles. The SMILES string of the molecule is Cn1c(=O)cnn(CCCCCN2CCN(Cc3ccccc3)CC2)c1=O. The highest BCUT2D eigenvalue weighted by Gasteiger charge is 2.16. The molecule has 1 aliphatic rings. The highest BCUT2D eigenvalue weighted by atomic mass is 16.2. The van der Waals surface area contributed by atoms with E-state index in [1.807, 2.05) is 0 Å². The van der Waals surface area contributed by atoms with Crippen LogP contribution in [-0.2, 0) is 20.1 Å². The first-order valence-corrected chi connectivity index (χ1v) is 9.75. The Bertz CT molecular complexity index is 822. The number of aryl methyl sites for hydroxylation is 1. The van der Waals surface area contributed by atoms with E-state index in [4.69, 9.17) is 0 Å². The standard InChI is InChI=1S/C20H29N5O2/c1-22-19(26)16-21-25(20(22)27)11-7-3-6-10-23-12-14-24(15-13-23)17-18-8-4-2-5-9-18/h2,4-5,8-9,16H,3,6-7,10-15,17H2,1H3. The molecule has 3 rings (SSSR count). The third-order valence-electron chi connectivity index (χ3n) is 5.20. The molecule has 146 valence electrons. The Morgan fingerprint density at radius 1 is 0.889 bits per heavy atom. The number of aromatic nitrogens is 3. The fourth-order valence-electron chi connectivity index (χ4n) is 3.46. The Morgan fingerprint density at radius 2 is 1.56 bits per heavy atom. The van der Waals surface area contributed by atoms with Crippen molar-refractivity contribution < 1.29 is 0 Å². The van der Waals surface area contributed by atoms with Gasteiger partial charge in [-0.2, -0.15) is 5.10 Å². The van der Waals surface area contributed by atoms with Crippen molar-refractivity contribution in [1.29, 1.82) is 0 Å². The number of benzene rings is 1. The van der Waals surface area contributed by atoms with Crippen molar-refractivity contribution in [2.24, 2.45) is 7.05 Å². The lowest BCUT2D eigenvalue weighted by molar-refractivity contribution is 0.125. The van der Waals surface area contributed by atoms with E-state index in [9.17, 15) is 9.59 Å². The summed E-state index contributed by atoms with van der Waals surface area (Å²) in [6, 6.07) is 10.6. The van der Waals surface area contributed by atoms with Crippen LogP contribution in [0, 0.1) is 0 Å². The molecule has 7 heteroatoms. The van der Waals surface area contributed by atoms with Gasteiger partial charge in [0.2, 0.25) is 0 Å². The Labute approximate surface area is 159 Å². The molecule has 0 atom stereocenters. The smallest absolute Gasteiger partial charge is 0.301 e. The van der Waals surface area contributed by atoms with Gasteiger partial charge >= 0.3 is 5.69 Å². The lowest BCUT2D eigenvalue weighted by Gasteiger charge is -2.34. The highest BCUT2D eigenvalue weighted by Crippen LogP contribution is 2.09. The van der Waals surface area contributed by atoms with Crippen LogP contribution in [0.15, 0.2) is 46.1 Å². The number of hydrogen-bond acceptors (Lipinski definition) is 5. The van der Waals surface area contributed by atoms with Crippen LogP contribution in [0.25, 0.3) is 0 Å². The molecule has 0 spiro atoms. The van der Waals surface area contributed by atoms with Crippen LogP contribution in [-0.4, -0.2) is 56.9 Å². The van der Waals surface area contributed by atoms with E-state index in [2.05, 4.69) is 45.2 Å². The molecule has 1 saturated heterocycles. The van der Waals surface area contributed by atoms with Crippen LogP contribution in [0.2, 0.25) is 0 Å². The van der Waals surface area contributed by atoms with Gasteiger partial charge in [-0.25, -0.2) is 9.48 Å². The van der Waals surface area contributed by atoms with Crippen molar-refractivity contribution in [2.75, 3.05) is 32.7 Å². The van der Waals surface area contributed by atoms with E-state index in [1.165, 1.54) is 23.5 Å². The van der Waals surface area contributed by atoms with Crippen LogP contribution in [0.3, 0.4) is 0 Å². The van der Waals surface area contributed by atoms with Crippen LogP contribution >= 0.6 is 0 Å². The molecule has 1 fully saturated rings. The van der Waals surface area contributed by atoms with Gasteiger partial charge in [-0.15, -0.1) is 0 Å². The van der Waals surface area contributed by atoms with Crippen LogP contribution < -0.4 is 11.2 Å². The van der Waals surface area contributed by atoms with E-state index in [0.717, 1.165) is 63.1 Å². The van der Waals surface area contributed by atoms with Gasteiger partial charge in [0.25, 0.3) is 5.56 Å². The van der Waals surface area contributed by atoms with E-state index in [-0.39, 0.29) is 11.2 Å². The quantitative estimate of drug-likeness (QED) is 0.646. The molecule has 2 heterocycles.